The lowest BCUT2D eigenvalue weighted by molar-refractivity contribution is -0.141. The van der Waals surface area contributed by atoms with Gasteiger partial charge in [-0.05, 0) is 54.3 Å². The molecule has 12 heteroatoms. The monoisotopic (exact) mass is 582 g/mol. The summed E-state index contributed by atoms with van der Waals surface area (Å²) in [6.45, 7) is -0.0379. The number of amides is 3. The van der Waals surface area contributed by atoms with Crippen LogP contribution in [0.5, 0.6) is 0 Å². The molecule has 1 saturated heterocycles. The number of aromatic nitrogens is 1. The molecule has 2 atom stereocenters. The number of halogens is 1. The molecule has 3 aromatic rings. The van der Waals surface area contributed by atoms with E-state index in [1.807, 2.05) is 0 Å². The molecule has 2 unspecified atom stereocenters. The van der Waals surface area contributed by atoms with E-state index >= 15 is 0 Å². The third kappa shape index (κ3) is 5.58. The minimum absolute atomic E-state index is 0.00653. The Morgan fingerprint density at radius 1 is 1.10 bits per heavy atom. The molecule has 0 aliphatic carbocycles. The quantitative estimate of drug-likeness (QED) is 0.411. The lowest BCUT2D eigenvalue weighted by Gasteiger charge is -2.33. The topological polar surface area (TPSA) is 126 Å². The number of nitrogens with one attached hydrogen (secondary N) is 1. The SMILES string of the molecule is O=C(NCC1CCCO1)C(c1ccncc1)N(Cc1ccccc1Cl)C(=O)CN1C(=O)c2ccccc2S1(=O)=O. The summed E-state index contributed by atoms with van der Waals surface area (Å²) < 4.78 is 32.6. The van der Waals surface area contributed by atoms with Gasteiger partial charge >= 0.3 is 0 Å². The summed E-state index contributed by atoms with van der Waals surface area (Å²) in [7, 11) is -4.25. The van der Waals surface area contributed by atoms with Gasteiger partial charge in [-0.1, -0.05) is 41.9 Å². The van der Waals surface area contributed by atoms with E-state index in [1.165, 1.54) is 35.5 Å². The summed E-state index contributed by atoms with van der Waals surface area (Å²) >= 11 is 6.42. The van der Waals surface area contributed by atoms with E-state index in [-0.39, 0.29) is 29.7 Å². The average molecular weight is 583 g/mol. The van der Waals surface area contributed by atoms with E-state index in [2.05, 4.69) is 10.3 Å². The third-order valence-electron chi connectivity index (χ3n) is 6.92. The number of hydrogen-bond acceptors (Lipinski definition) is 7. The molecule has 0 radical (unpaired) electrons. The molecule has 2 aliphatic heterocycles. The molecule has 1 fully saturated rings. The maximum atomic E-state index is 14.0. The number of rotatable bonds is 9. The molecule has 0 spiro atoms. The van der Waals surface area contributed by atoms with E-state index < -0.39 is 40.3 Å². The third-order valence-corrected chi connectivity index (χ3v) is 9.08. The predicted octanol–water partition coefficient (Wildman–Crippen LogP) is 2.94. The Hall–Kier alpha value is -3.80. The first-order valence-corrected chi connectivity index (χ1v) is 14.6. The van der Waals surface area contributed by atoms with Crippen molar-refractivity contribution in [1.29, 1.82) is 0 Å². The number of hydrogen-bond donors (Lipinski definition) is 1. The highest BCUT2D eigenvalue weighted by molar-refractivity contribution is 7.90. The number of ether oxygens (including phenoxy) is 1. The van der Waals surface area contributed by atoms with E-state index in [0.717, 1.165) is 12.8 Å². The maximum absolute atomic E-state index is 14.0. The molecule has 3 amide bonds. The van der Waals surface area contributed by atoms with Crippen molar-refractivity contribution in [3.8, 4) is 0 Å². The van der Waals surface area contributed by atoms with Crippen LogP contribution in [0, 0.1) is 0 Å². The Morgan fingerprint density at radius 3 is 2.52 bits per heavy atom. The predicted molar refractivity (Wildman–Crippen MR) is 146 cm³/mol. The average Bonchev–Trinajstić information content (AvgIpc) is 3.55. The minimum Gasteiger partial charge on any atom is -0.376 e. The smallest absolute Gasteiger partial charge is 0.269 e. The van der Waals surface area contributed by atoms with Gasteiger partial charge in [-0.25, -0.2) is 12.7 Å². The van der Waals surface area contributed by atoms with Crippen LogP contribution in [-0.2, 0) is 30.9 Å². The Labute approximate surface area is 236 Å². The highest BCUT2D eigenvalue weighted by Gasteiger charge is 2.43. The number of sulfonamides is 1. The Kier molecular flexibility index (Phi) is 8.15. The van der Waals surface area contributed by atoms with Gasteiger partial charge < -0.3 is 15.0 Å². The van der Waals surface area contributed by atoms with Gasteiger partial charge in [-0.15, -0.1) is 0 Å². The van der Waals surface area contributed by atoms with Crippen molar-refractivity contribution in [3.05, 3.63) is 94.8 Å². The van der Waals surface area contributed by atoms with E-state index in [4.69, 9.17) is 16.3 Å². The van der Waals surface area contributed by atoms with Crippen molar-refractivity contribution in [2.45, 2.75) is 36.4 Å². The molecule has 3 heterocycles. The maximum Gasteiger partial charge on any atom is 0.269 e. The van der Waals surface area contributed by atoms with Gasteiger partial charge in [0, 0.05) is 37.1 Å². The van der Waals surface area contributed by atoms with Gasteiger partial charge in [0.15, 0.2) is 0 Å². The number of nitrogens with zero attached hydrogens (tertiary/aromatic N) is 3. The summed E-state index contributed by atoms with van der Waals surface area (Å²) in [5.41, 5.74) is 0.995. The van der Waals surface area contributed by atoms with Gasteiger partial charge in [-0.3, -0.25) is 19.4 Å². The zero-order valence-electron chi connectivity index (χ0n) is 21.4. The molecule has 5 rings (SSSR count). The molecule has 2 aliphatic rings. The molecule has 0 bridgehead atoms. The Morgan fingerprint density at radius 2 is 1.82 bits per heavy atom. The number of carbonyl (C=O) groups excluding carboxylic acids is 3. The van der Waals surface area contributed by atoms with Gasteiger partial charge in [0.2, 0.25) is 11.8 Å². The number of benzene rings is 2. The summed E-state index contributed by atoms with van der Waals surface area (Å²) in [6.07, 6.45) is 4.56. The zero-order chi connectivity index (χ0) is 28.3. The number of carbonyl (C=O) groups is 3. The fraction of sp³-hybridized carbons (Fsp3) is 0.286. The molecule has 2 aromatic carbocycles. The van der Waals surface area contributed by atoms with Gasteiger partial charge in [-0.2, -0.15) is 0 Å². The van der Waals surface area contributed by atoms with Crippen LogP contribution in [0.4, 0.5) is 0 Å². The van der Waals surface area contributed by atoms with Crippen molar-refractivity contribution >= 4 is 39.3 Å². The van der Waals surface area contributed by atoms with Gasteiger partial charge in [0.25, 0.3) is 15.9 Å². The normalized spacial score (nSPS) is 18.3. The first kappa shape index (κ1) is 27.8. The highest BCUT2D eigenvalue weighted by atomic mass is 35.5. The van der Waals surface area contributed by atoms with E-state index in [0.29, 0.717) is 27.1 Å². The van der Waals surface area contributed by atoms with Crippen molar-refractivity contribution in [2.24, 2.45) is 0 Å². The number of pyridine rings is 1. The molecule has 0 saturated carbocycles. The summed E-state index contributed by atoms with van der Waals surface area (Å²) in [4.78, 5) is 45.9. The van der Waals surface area contributed by atoms with Crippen LogP contribution in [0.2, 0.25) is 5.02 Å². The molecular formula is C28H27ClN4O6S. The second-order valence-corrected chi connectivity index (χ2v) is 11.7. The van der Waals surface area contributed by atoms with Gasteiger partial charge in [0.05, 0.1) is 11.7 Å². The molecule has 1 N–H and O–H groups in total. The van der Waals surface area contributed by atoms with Crippen molar-refractivity contribution in [1.82, 2.24) is 19.5 Å². The highest BCUT2D eigenvalue weighted by Crippen LogP contribution is 2.31. The first-order chi connectivity index (χ1) is 19.3. The minimum atomic E-state index is -4.25. The van der Waals surface area contributed by atoms with Crippen LogP contribution in [0.15, 0.2) is 78.0 Å². The molecule has 40 heavy (non-hydrogen) atoms. The lowest BCUT2D eigenvalue weighted by atomic mass is 10.0. The second-order valence-electron chi connectivity index (χ2n) is 9.49. The fourth-order valence-electron chi connectivity index (χ4n) is 4.87. The van der Waals surface area contributed by atoms with Crippen LogP contribution in [-0.4, -0.2) is 66.1 Å². The van der Waals surface area contributed by atoms with Crippen LogP contribution < -0.4 is 5.32 Å². The van der Waals surface area contributed by atoms with Gasteiger partial charge in [0.1, 0.15) is 17.5 Å². The van der Waals surface area contributed by atoms with Crippen molar-refractivity contribution < 1.29 is 27.5 Å². The standard InChI is InChI=1S/C28H27ClN4O6S/c29-23-9-3-1-6-20(23)17-32(25(34)18-33-28(36)22-8-2-4-10-24(22)40(33,37)38)26(19-11-13-30-14-12-19)27(35)31-16-21-7-5-15-39-21/h1-4,6,8-14,21,26H,5,7,15-18H2,(H,31,35). The Balaban J connectivity index is 1.50. The fourth-order valence-corrected chi connectivity index (χ4v) is 6.58. The summed E-state index contributed by atoms with van der Waals surface area (Å²) in [6, 6.07) is 14.7. The van der Waals surface area contributed by atoms with Crippen molar-refractivity contribution in [3.63, 3.8) is 0 Å². The molecule has 10 nitrogen and oxygen atoms in total. The second kappa shape index (κ2) is 11.7. The Bertz CT molecular complexity index is 1530. The van der Waals surface area contributed by atoms with Crippen LogP contribution in [0.3, 0.4) is 0 Å². The zero-order valence-corrected chi connectivity index (χ0v) is 23.0. The van der Waals surface area contributed by atoms with E-state index in [9.17, 15) is 22.8 Å². The number of fused-ring (bicyclic) bond motifs is 1. The lowest BCUT2D eigenvalue weighted by Crippen LogP contribution is -2.48. The molecular weight excluding hydrogens is 556 g/mol. The molecule has 1 aromatic heterocycles. The van der Waals surface area contributed by atoms with Crippen LogP contribution in [0.25, 0.3) is 0 Å². The van der Waals surface area contributed by atoms with Crippen molar-refractivity contribution in [2.75, 3.05) is 19.7 Å². The van der Waals surface area contributed by atoms with Crippen LogP contribution in [0.1, 0.15) is 40.4 Å². The van der Waals surface area contributed by atoms with E-state index in [1.54, 1.807) is 42.5 Å². The largest absolute Gasteiger partial charge is 0.376 e. The summed E-state index contributed by atoms with van der Waals surface area (Å²) in [5, 5.41) is 3.25. The summed E-state index contributed by atoms with van der Waals surface area (Å²) in [5.74, 6) is -2.04. The van der Waals surface area contributed by atoms with Crippen LogP contribution >= 0.6 is 11.6 Å². The molecule has 208 valence electrons. The first-order valence-electron chi connectivity index (χ1n) is 12.8.